The van der Waals surface area contributed by atoms with Crippen LogP contribution in [0.4, 0.5) is 0 Å². The van der Waals surface area contributed by atoms with Crippen molar-refractivity contribution in [1.82, 2.24) is 0 Å². The largest absolute Gasteiger partial charge is 0.393 e. The molecular formula is C25H40O. The van der Waals surface area contributed by atoms with Crippen molar-refractivity contribution in [2.75, 3.05) is 0 Å². The van der Waals surface area contributed by atoms with Crippen LogP contribution in [0.15, 0.2) is 22.8 Å². The predicted molar refractivity (Wildman–Crippen MR) is 110 cm³/mol. The summed E-state index contributed by atoms with van der Waals surface area (Å²) in [7, 11) is 0. The topological polar surface area (TPSA) is 20.2 Å². The van der Waals surface area contributed by atoms with E-state index in [2.05, 4.69) is 47.6 Å². The highest BCUT2D eigenvalue weighted by Gasteiger charge is 2.57. The van der Waals surface area contributed by atoms with Crippen LogP contribution in [-0.4, -0.2) is 11.2 Å². The minimum atomic E-state index is -0.105. The van der Waals surface area contributed by atoms with Crippen LogP contribution in [0.3, 0.4) is 0 Å². The fourth-order valence-electron chi connectivity index (χ4n) is 7.59. The first-order chi connectivity index (χ1) is 12.2. The Morgan fingerprint density at radius 3 is 2.54 bits per heavy atom. The average Bonchev–Trinajstić information content (AvgIpc) is 3.07. The molecule has 0 spiro atoms. The second kappa shape index (κ2) is 6.50. The van der Waals surface area contributed by atoms with Gasteiger partial charge in [0.1, 0.15) is 0 Å². The van der Waals surface area contributed by atoms with Crippen LogP contribution in [0.25, 0.3) is 0 Å². The Balaban J connectivity index is 1.74. The third-order valence-corrected chi connectivity index (χ3v) is 9.47. The Labute approximate surface area is 161 Å². The first-order valence-corrected chi connectivity index (χ1v) is 11.3. The molecule has 0 bridgehead atoms. The third kappa shape index (κ3) is 2.67. The lowest BCUT2D eigenvalue weighted by Crippen LogP contribution is -2.44. The van der Waals surface area contributed by atoms with Crippen LogP contribution in [0.2, 0.25) is 0 Å². The lowest BCUT2D eigenvalue weighted by atomic mass is 9.55. The van der Waals surface area contributed by atoms with E-state index < -0.39 is 0 Å². The average molecular weight is 357 g/mol. The molecule has 1 N–H and O–H groups in total. The van der Waals surface area contributed by atoms with Gasteiger partial charge in [0.05, 0.1) is 6.10 Å². The van der Waals surface area contributed by atoms with E-state index >= 15 is 0 Å². The van der Waals surface area contributed by atoms with Gasteiger partial charge in [0.15, 0.2) is 0 Å². The molecule has 146 valence electrons. The van der Waals surface area contributed by atoms with Crippen molar-refractivity contribution in [3.05, 3.63) is 22.8 Å². The van der Waals surface area contributed by atoms with Gasteiger partial charge in [-0.3, -0.25) is 0 Å². The van der Waals surface area contributed by atoms with E-state index in [1.807, 2.05) is 5.57 Å². The Kier molecular flexibility index (Phi) is 4.70. The van der Waals surface area contributed by atoms with Gasteiger partial charge in [-0.25, -0.2) is 0 Å². The number of hydrogen-bond acceptors (Lipinski definition) is 1. The minimum absolute atomic E-state index is 0.105. The van der Waals surface area contributed by atoms with Gasteiger partial charge < -0.3 is 5.11 Å². The van der Waals surface area contributed by atoms with Gasteiger partial charge in [-0.05, 0) is 99.2 Å². The van der Waals surface area contributed by atoms with Crippen molar-refractivity contribution >= 4 is 0 Å². The third-order valence-electron chi connectivity index (χ3n) is 9.47. The van der Waals surface area contributed by atoms with Gasteiger partial charge in [-0.1, -0.05) is 50.5 Å². The molecule has 4 aliphatic rings. The summed E-state index contributed by atoms with van der Waals surface area (Å²) in [6, 6.07) is 0. The summed E-state index contributed by atoms with van der Waals surface area (Å²) < 4.78 is 0. The van der Waals surface area contributed by atoms with Gasteiger partial charge in [0.2, 0.25) is 0 Å². The highest BCUT2D eigenvalue weighted by atomic mass is 16.3. The second-order valence-electron chi connectivity index (χ2n) is 10.9. The Bertz CT molecular complexity index is 626. The molecule has 1 nitrogen and oxygen atoms in total. The fraction of sp³-hybridized carbons (Fsp3) is 0.840. The molecule has 0 saturated heterocycles. The lowest BCUT2D eigenvalue weighted by molar-refractivity contribution is -0.0200. The molecule has 4 rings (SSSR count). The molecule has 4 aliphatic carbocycles. The predicted octanol–water partition coefficient (Wildman–Crippen LogP) is 6.38. The monoisotopic (exact) mass is 356 g/mol. The van der Waals surface area contributed by atoms with Crippen molar-refractivity contribution in [3.8, 4) is 0 Å². The number of rotatable bonds is 1. The summed E-state index contributed by atoms with van der Waals surface area (Å²) in [5.74, 6) is 5.10. The van der Waals surface area contributed by atoms with Crippen LogP contribution < -0.4 is 0 Å². The SMILES string of the molecule is C/C1=C/C[C@@H]2/C(=C(/C)[C@H]3C[C@H]4[C@H](C(C)C)C[C@@H](O)[C@]4(C)C[C@H]13)CC[C@@H]2C. The molecule has 0 aliphatic heterocycles. The number of allylic oxidation sites excluding steroid dienone is 4. The standard InChI is InChI=1S/C25H40O/c1-14(2)20-12-24(26)25(6)13-22-16(4)7-9-18-15(3)8-10-19(18)17(5)21(22)11-23(20)25/h7,14-15,18,20-24,26H,8-13H2,1-6H3/b16-7-,19-17-/t15-,18-,20-,21+,22+,23-,24+,25+/m0/s1. The molecule has 0 amide bonds. The maximum atomic E-state index is 11.0. The van der Waals surface area contributed by atoms with Crippen molar-refractivity contribution in [1.29, 1.82) is 0 Å². The van der Waals surface area contributed by atoms with Crippen molar-refractivity contribution < 1.29 is 5.11 Å². The molecule has 3 fully saturated rings. The van der Waals surface area contributed by atoms with Gasteiger partial charge in [0, 0.05) is 0 Å². The molecule has 0 radical (unpaired) electrons. The highest BCUT2D eigenvalue weighted by Crippen LogP contribution is 2.62. The van der Waals surface area contributed by atoms with Crippen molar-refractivity contribution in [3.63, 3.8) is 0 Å². The van der Waals surface area contributed by atoms with Gasteiger partial charge in [0.25, 0.3) is 0 Å². The molecule has 3 saturated carbocycles. The zero-order valence-electron chi connectivity index (χ0n) is 17.9. The zero-order chi connectivity index (χ0) is 18.8. The first kappa shape index (κ1) is 18.8. The van der Waals surface area contributed by atoms with Gasteiger partial charge in [-0.2, -0.15) is 0 Å². The fourth-order valence-corrected chi connectivity index (χ4v) is 7.59. The van der Waals surface area contributed by atoms with Gasteiger partial charge >= 0.3 is 0 Å². The maximum Gasteiger partial charge on any atom is 0.0599 e. The molecular weight excluding hydrogens is 316 g/mol. The van der Waals surface area contributed by atoms with E-state index in [1.165, 1.54) is 32.1 Å². The smallest absolute Gasteiger partial charge is 0.0599 e. The molecule has 1 heteroatoms. The van der Waals surface area contributed by atoms with E-state index in [1.54, 1.807) is 11.1 Å². The van der Waals surface area contributed by atoms with Crippen LogP contribution in [0.5, 0.6) is 0 Å². The maximum absolute atomic E-state index is 11.0. The Morgan fingerprint density at radius 2 is 1.85 bits per heavy atom. The van der Waals surface area contributed by atoms with Crippen LogP contribution in [-0.2, 0) is 0 Å². The molecule has 0 heterocycles. The number of hydrogen-bond donors (Lipinski definition) is 1. The molecule has 8 atom stereocenters. The second-order valence-corrected chi connectivity index (χ2v) is 10.9. The van der Waals surface area contributed by atoms with Crippen LogP contribution >= 0.6 is 0 Å². The normalized spacial score (nSPS) is 53.4. The summed E-state index contributed by atoms with van der Waals surface area (Å²) >= 11 is 0. The summed E-state index contributed by atoms with van der Waals surface area (Å²) in [5, 5.41) is 11.0. The molecule has 26 heavy (non-hydrogen) atoms. The molecule has 0 unspecified atom stereocenters. The van der Waals surface area contributed by atoms with E-state index in [0.717, 1.165) is 24.2 Å². The van der Waals surface area contributed by atoms with Gasteiger partial charge in [-0.15, -0.1) is 0 Å². The van der Waals surface area contributed by atoms with E-state index in [9.17, 15) is 5.11 Å². The van der Waals surface area contributed by atoms with E-state index in [-0.39, 0.29) is 11.5 Å². The number of aliphatic hydroxyl groups is 1. The number of aliphatic hydroxyl groups excluding tert-OH is 1. The van der Waals surface area contributed by atoms with Crippen LogP contribution in [0.1, 0.15) is 80.1 Å². The highest BCUT2D eigenvalue weighted by molar-refractivity contribution is 5.30. The van der Waals surface area contributed by atoms with Crippen molar-refractivity contribution in [2.45, 2.75) is 86.2 Å². The summed E-state index contributed by atoms with van der Waals surface area (Å²) in [6.45, 7) is 14.5. The van der Waals surface area contributed by atoms with Crippen molar-refractivity contribution in [2.24, 2.45) is 46.8 Å². The lowest BCUT2D eigenvalue weighted by Gasteiger charge is -2.50. The Morgan fingerprint density at radius 1 is 1.12 bits per heavy atom. The zero-order valence-corrected chi connectivity index (χ0v) is 17.9. The summed E-state index contributed by atoms with van der Waals surface area (Å²) in [6.07, 6.45) is 9.98. The Hall–Kier alpha value is -0.560. The van der Waals surface area contributed by atoms with E-state index in [4.69, 9.17) is 0 Å². The molecule has 0 aromatic carbocycles. The summed E-state index contributed by atoms with van der Waals surface area (Å²) in [4.78, 5) is 0. The van der Waals surface area contributed by atoms with Crippen LogP contribution in [0, 0.1) is 46.8 Å². The molecule has 0 aromatic rings. The molecule has 0 aromatic heterocycles. The number of fused-ring (bicyclic) bond motifs is 3. The first-order valence-electron chi connectivity index (χ1n) is 11.3. The minimum Gasteiger partial charge on any atom is -0.393 e. The quantitative estimate of drug-likeness (QED) is 0.540. The van der Waals surface area contributed by atoms with E-state index in [0.29, 0.717) is 23.7 Å². The summed E-state index contributed by atoms with van der Waals surface area (Å²) in [5.41, 5.74) is 5.31.